The summed E-state index contributed by atoms with van der Waals surface area (Å²) in [5, 5.41) is 5.30. The Bertz CT molecular complexity index is 580. The average Bonchev–Trinajstić information content (AvgIpc) is 2.60. The zero-order valence-electron chi connectivity index (χ0n) is 13.3. The van der Waals surface area contributed by atoms with Crippen LogP contribution in [-0.4, -0.2) is 31.4 Å². The van der Waals surface area contributed by atoms with E-state index in [1.54, 1.807) is 24.3 Å². The van der Waals surface area contributed by atoms with Crippen molar-refractivity contribution in [2.45, 2.75) is 32.1 Å². The second-order valence-electron chi connectivity index (χ2n) is 5.64. The summed E-state index contributed by atoms with van der Waals surface area (Å²) in [6.45, 7) is -0.106. The Labute approximate surface area is 135 Å². The van der Waals surface area contributed by atoms with Crippen LogP contribution in [0.15, 0.2) is 24.3 Å². The maximum atomic E-state index is 12.0. The summed E-state index contributed by atoms with van der Waals surface area (Å²) in [5.41, 5.74) is 0.651. The number of carbonyl (C=O) groups excluding carboxylic acids is 3. The van der Waals surface area contributed by atoms with Crippen LogP contribution in [0.5, 0.6) is 0 Å². The topological polar surface area (TPSA) is 84.5 Å². The first-order valence-corrected chi connectivity index (χ1v) is 7.86. The lowest BCUT2D eigenvalue weighted by Crippen LogP contribution is -2.37. The van der Waals surface area contributed by atoms with Crippen LogP contribution in [-0.2, 0) is 14.3 Å². The highest BCUT2D eigenvalue weighted by atomic mass is 16.5. The summed E-state index contributed by atoms with van der Waals surface area (Å²) in [7, 11) is 1.28. The first-order chi connectivity index (χ1) is 11.1. The van der Waals surface area contributed by atoms with Crippen LogP contribution < -0.4 is 10.6 Å². The van der Waals surface area contributed by atoms with E-state index in [1.165, 1.54) is 13.5 Å². The Hall–Kier alpha value is -2.37. The Balaban J connectivity index is 1.87. The Kier molecular flexibility index (Phi) is 6.14. The third kappa shape index (κ3) is 4.81. The number of anilines is 1. The molecule has 0 atom stereocenters. The van der Waals surface area contributed by atoms with Gasteiger partial charge in [-0.25, -0.2) is 4.79 Å². The molecule has 2 rings (SSSR count). The second kappa shape index (κ2) is 8.31. The largest absolute Gasteiger partial charge is 0.465 e. The van der Waals surface area contributed by atoms with Crippen LogP contribution in [0.1, 0.15) is 42.5 Å². The molecule has 2 amide bonds. The van der Waals surface area contributed by atoms with Crippen molar-refractivity contribution in [3.8, 4) is 0 Å². The number of rotatable bonds is 5. The van der Waals surface area contributed by atoms with Gasteiger partial charge in [-0.05, 0) is 25.0 Å². The minimum atomic E-state index is -0.521. The van der Waals surface area contributed by atoms with E-state index in [2.05, 4.69) is 15.4 Å². The number of methoxy groups -OCH3 is 1. The number of benzene rings is 1. The van der Waals surface area contributed by atoms with Gasteiger partial charge >= 0.3 is 5.97 Å². The van der Waals surface area contributed by atoms with E-state index < -0.39 is 5.97 Å². The van der Waals surface area contributed by atoms with Gasteiger partial charge < -0.3 is 15.4 Å². The molecule has 0 aromatic heterocycles. The highest BCUT2D eigenvalue weighted by Gasteiger charge is 2.21. The lowest BCUT2D eigenvalue weighted by atomic mass is 9.89. The highest BCUT2D eigenvalue weighted by molar-refractivity contribution is 6.02. The van der Waals surface area contributed by atoms with Gasteiger partial charge in [-0.1, -0.05) is 31.4 Å². The van der Waals surface area contributed by atoms with Crippen LogP contribution >= 0.6 is 0 Å². The minimum absolute atomic E-state index is 0.0129. The summed E-state index contributed by atoms with van der Waals surface area (Å²) in [6.07, 6.45) is 5.08. The van der Waals surface area contributed by atoms with Gasteiger partial charge in [0.25, 0.3) is 0 Å². The molecular formula is C17H22N2O4. The molecule has 0 spiro atoms. The molecule has 0 heterocycles. The number of para-hydroxylation sites is 1. The molecule has 1 saturated carbocycles. The molecule has 0 radical (unpaired) electrons. The first kappa shape index (κ1) is 17.0. The van der Waals surface area contributed by atoms with Crippen LogP contribution in [0, 0.1) is 5.92 Å². The Morgan fingerprint density at radius 1 is 1.13 bits per heavy atom. The number of carbonyl (C=O) groups is 3. The second-order valence-corrected chi connectivity index (χ2v) is 5.64. The van der Waals surface area contributed by atoms with Crippen molar-refractivity contribution in [2.75, 3.05) is 19.0 Å². The molecular weight excluding hydrogens is 296 g/mol. The molecule has 0 bridgehead atoms. The standard InChI is InChI=1S/C17H22N2O4/c1-23-17(22)13-9-5-6-10-14(13)19-15(20)11-18-16(21)12-7-3-2-4-8-12/h5-6,9-10,12H,2-4,7-8,11H2,1H3,(H,18,21)(H,19,20). The van der Waals surface area contributed by atoms with Crippen LogP contribution in [0.4, 0.5) is 5.69 Å². The molecule has 23 heavy (non-hydrogen) atoms. The molecule has 0 aliphatic heterocycles. The van der Waals surface area contributed by atoms with Crippen molar-refractivity contribution in [2.24, 2.45) is 5.92 Å². The van der Waals surface area contributed by atoms with Crippen molar-refractivity contribution in [3.05, 3.63) is 29.8 Å². The van der Waals surface area contributed by atoms with Gasteiger partial charge in [0, 0.05) is 5.92 Å². The maximum Gasteiger partial charge on any atom is 0.339 e. The Morgan fingerprint density at radius 3 is 2.52 bits per heavy atom. The normalized spacial score (nSPS) is 14.8. The van der Waals surface area contributed by atoms with Gasteiger partial charge in [0.05, 0.1) is 24.9 Å². The predicted molar refractivity (Wildman–Crippen MR) is 86.0 cm³/mol. The molecule has 1 aromatic rings. The van der Waals surface area contributed by atoms with Gasteiger partial charge in [0.1, 0.15) is 0 Å². The third-order valence-electron chi connectivity index (χ3n) is 4.01. The van der Waals surface area contributed by atoms with Crippen LogP contribution in [0.25, 0.3) is 0 Å². The van der Waals surface area contributed by atoms with E-state index in [0.717, 1.165) is 25.7 Å². The van der Waals surface area contributed by atoms with Crippen molar-refractivity contribution < 1.29 is 19.1 Å². The average molecular weight is 318 g/mol. The van der Waals surface area contributed by atoms with Gasteiger partial charge in [-0.3, -0.25) is 9.59 Å². The fourth-order valence-corrected chi connectivity index (χ4v) is 2.75. The number of hydrogen-bond acceptors (Lipinski definition) is 4. The van der Waals surface area contributed by atoms with Crippen molar-refractivity contribution in [1.82, 2.24) is 5.32 Å². The third-order valence-corrected chi connectivity index (χ3v) is 4.01. The zero-order chi connectivity index (χ0) is 16.7. The molecule has 2 N–H and O–H groups in total. The summed E-state index contributed by atoms with van der Waals surface area (Å²) in [5.74, 6) is -0.947. The number of hydrogen-bond donors (Lipinski definition) is 2. The van der Waals surface area contributed by atoms with Crippen molar-refractivity contribution >= 4 is 23.5 Å². The van der Waals surface area contributed by atoms with E-state index in [4.69, 9.17) is 0 Å². The predicted octanol–water partition coefficient (Wildman–Crippen LogP) is 2.11. The summed E-state index contributed by atoms with van der Waals surface area (Å²) in [6, 6.07) is 6.59. The SMILES string of the molecule is COC(=O)c1ccccc1NC(=O)CNC(=O)C1CCCCC1. The fraction of sp³-hybridized carbons (Fsp3) is 0.471. The van der Waals surface area contributed by atoms with Crippen LogP contribution in [0.2, 0.25) is 0 Å². The lowest BCUT2D eigenvalue weighted by Gasteiger charge is -2.20. The Morgan fingerprint density at radius 2 is 1.83 bits per heavy atom. The number of esters is 1. The van der Waals surface area contributed by atoms with E-state index in [0.29, 0.717) is 5.69 Å². The monoisotopic (exact) mass is 318 g/mol. The number of ether oxygens (including phenoxy) is 1. The first-order valence-electron chi connectivity index (χ1n) is 7.86. The van der Waals surface area contributed by atoms with Gasteiger partial charge in [-0.2, -0.15) is 0 Å². The van der Waals surface area contributed by atoms with Gasteiger partial charge in [0.2, 0.25) is 11.8 Å². The highest BCUT2D eigenvalue weighted by Crippen LogP contribution is 2.23. The number of nitrogens with one attached hydrogen (secondary N) is 2. The molecule has 1 fully saturated rings. The minimum Gasteiger partial charge on any atom is -0.465 e. The number of amides is 2. The van der Waals surface area contributed by atoms with Gasteiger partial charge in [0.15, 0.2) is 0 Å². The summed E-state index contributed by atoms with van der Waals surface area (Å²) < 4.78 is 4.68. The van der Waals surface area contributed by atoms with Crippen molar-refractivity contribution in [1.29, 1.82) is 0 Å². The zero-order valence-corrected chi connectivity index (χ0v) is 13.3. The quantitative estimate of drug-likeness (QED) is 0.814. The molecule has 1 aliphatic rings. The lowest BCUT2D eigenvalue weighted by molar-refractivity contribution is -0.128. The summed E-state index contributed by atoms with van der Waals surface area (Å²) in [4.78, 5) is 35.6. The smallest absolute Gasteiger partial charge is 0.339 e. The molecule has 1 aromatic carbocycles. The van der Waals surface area contributed by atoms with Crippen molar-refractivity contribution in [3.63, 3.8) is 0 Å². The molecule has 6 nitrogen and oxygen atoms in total. The maximum absolute atomic E-state index is 12.0. The van der Waals surface area contributed by atoms with E-state index in [-0.39, 0.29) is 29.8 Å². The molecule has 0 unspecified atom stereocenters. The van der Waals surface area contributed by atoms with Gasteiger partial charge in [-0.15, -0.1) is 0 Å². The van der Waals surface area contributed by atoms with E-state index >= 15 is 0 Å². The molecule has 124 valence electrons. The molecule has 6 heteroatoms. The molecule has 0 saturated heterocycles. The fourth-order valence-electron chi connectivity index (χ4n) is 2.75. The van der Waals surface area contributed by atoms with E-state index in [9.17, 15) is 14.4 Å². The summed E-state index contributed by atoms with van der Waals surface area (Å²) >= 11 is 0. The van der Waals surface area contributed by atoms with Crippen LogP contribution in [0.3, 0.4) is 0 Å². The molecule has 1 aliphatic carbocycles. The van der Waals surface area contributed by atoms with E-state index in [1.807, 2.05) is 0 Å².